The smallest absolute Gasteiger partial charge is 0.336 e. The Balaban J connectivity index is 1.40. The highest BCUT2D eigenvalue weighted by molar-refractivity contribution is 6.30. The third kappa shape index (κ3) is 8.44. The minimum absolute atomic E-state index is 0.0294. The van der Waals surface area contributed by atoms with Crippen LogP contribution in [0.3, 0.4) is 0 Å². The van der Waals surface area contributed by atoms with Crippen LogP contribution in [0.5, 0.6) is 0 Å². The summed E-state index contributed by atoms with van der Waals surface area (Å²) in [6.45, 7) is 2.59. The van der Waals surface area contributed by atoms with Crippen molar-refractivity contribution in [3.05, 3.63) is 129 Å². The van der Waals surface area contributed by atoms with E-state index in [2.05, 4.69) is 29.6 Å². The fourth-order valence-electron chi connectivity index (χ4n) is 6.70. The monoisotopic (exact) mass is 627 g/mol. The first-order valence-corrected chi connectivity index (χ1v) is 16.3. The summed E-state index contributed by atoms with van der Waals surface area (Å²) in [7, 11) is 0. The Labute approximate surface area is 271 Å². The molecule has 6 nitrogen and oxygen atoms in total. The quantitative estimate of drug-likeness (QED) is 0.146. The summed E-state index contributed by atoms with van der Waals surface area (Å²) in [4.78, 5) is 26.7. The SMILES string of the molecule is CC1=C(C(=O)O)C(c2cccc(Cl)c2)C(C(=O)OCCC(c2ccccc2)c2ccccc2)=C(COCCC2CCCCC2)N1. The van der Waals surface area contributed by atoms with Gasteiger partial charge in [0.25, 0.3) is 0 Å². The number of halogens is 1. The number of dihydropyridines is 1. The van der Waals surface area contributed by atoms with Crippen molar-refractivity contribution in [1.29, 1.82) is 0 Å². The Morgan fingerprint density at radius 1 is 0.889 bits per heavy atom. The van der Waals surface area contributed by atoms with Crippen molar-refractivity contribution in [3.8, 4) is 0 Å². The largest absolute Gasteiger partial charge is 0.478 e. The summed E-state index contributed by atoms with van der Waals surface area (Å²) in [5.74, 6) is -1.85. The highest BCUT2D eigenvalue weighted by Crippen LogP contribution is 2.40. The lowest BCUT2D eigenvalue weighted by Gasteiger charge is -2.31. The van der Waals surface area contributed by atoms with E-state index in [1.165, 1.54) is 32.1 Å². The molecule has 7 heteroatoms. The molecule has 0 amide bonds. The first-order valence-electron chi connectivity index (χ1n) is 16.0. The number of carboxylic acid groups (broad SMARTS) is 1. The van der Waals surface area contributed by atoms with E-state index < -0.39 is 17.9 Å². The van der Waals surface area contributed by atoms with Gasteiger partial charge in [-0.1, -0.05) is 117 Å². The van der Waals surface area contributed by atoms with Crippen molar-refractivity contribution in [1.82, 2.24) is 5.32 Å². The van der Waals surface area contributed by atoms with Gasteiger partial charge in [-0.05, 0) is 54.5 Å². The summed E-state index contributed by atoms with van der Waals surface area (Å²) < 4.78 is 12.1. The normalized spacial score (nSPS) is 17.4. The number of ether oxygens (including phenoxy) is 2. The Hall–Kier alpha value is -3.87. The lowest BCUT2D eigenvalue weighted by molar-refractivity contribution is -0.139. The lowest BCUT2D eigenvalue weighted by Crippen LogP contribution is -2.34. The first kappa shape index (κ1) is 32.5. The molecule has 1 aliphatic heterocycles. The maximum Gasteiger partial charge on any atom is 0.336 e. The van der Waals surface area contributed by atoms with Crippen molar-refractivity contribution >= 4 is 23.5 Å². The molecule has 0 spiro atoms. The molecule has 3 aromatic rings. The van der Waals surface area contributed by atoms with Crippen LogP contribution in [0.2, 0.25) is 5.02 Å². The minimum Gasteiger partial charge on any atom is -0.478 e. The number of allylic oxidation sites excluding steroid dienone is 1. The van der Waals surface area contributed by atoms with Crippen LogP contribution < -0.4 is 5.32 Å². The molecular formula is C38H42ClNO5. The first-order chi connectivity index (χ1) is 21.9. The number of nitrogens with one attached hydrogen (secondary N) is 1. The molecule has 3 aromatic carbocycles. The molecule has 1 atom stereocenters. The number of benzene rings is 3. The van der Waals surface area contributed by atoms with E-state index in [1.54, 1.807) is 31.2 Å². The molecule has 0 bridgehead atoms. The zero-order valence-electron chi connectivity index (χ0n) is 25.8. The van der Waals surface area contributed by atoms with Gasteiger partial charge in [-0.2, -0.15) is 0 Å². The number of esters is 1. The maximum atomic E-state index is 14.1. The standard InChI is InChI=1S/C38H42ClNO5/c1-26-34(37(41)42)35(30-18-11-19-31(39)24-30)36(33(40-26)25-44-22-20-27-12-5-2-6-13-27)38(43)45-23-21-32(28-14-7-3-8-15-28)29-16-9-4-10-17-29/h3-4,7-11,14-19,24,27,32,35,40H,2,5-6,12-13,20-23,25H2,1H3,(H,41,42). The van der Waals surface area contributed by atoms with E-state index in [0.29, 0.717) is 40.9 Å². The maximum absolute atomic E-state index is 14.1. The van der Waals surface area contributed by atoms with E-state index in [0.717, 1.165) is 17.5 Å². The highest BCUT2D eigenvalue weighted by atomic mass is 35.5. The van der Waals surface area contributed by atoms with Gasteiger partial charge in [0.2, 0.25) is 0 Å². The van der Waals surface area contributed by atoms with E-state index in [4.69, 9.17) is 21.1 Å². The fraction of sp³-hybridized carbons (Fsp3) is 0.368. The molecule has 1 aliphatic carbocycles. The van der Waals surface area contributed by atoms with Gasteiger partial charge in [0.15, 0.2) is 0 Å². The fourth-order valence-corrected chi connectivity index (χ4v) is 6.90. The molecule has 236 valence electrons. The van der Waals surface area contributed by atoms with Gasteiger partial charge in [-0.25, -0.2) is 9.59 Å². The molecular weight excluding hydrogens is 586 g/mol. The average molecular weight is 628 g/mol. The molecule has 1 saturated carbocycles. The number of carbonyl (C=O) groups excluding carboxylic acids is 1. The van der Waals surface area contributed by atoms with Gasteiger partial charge in [0.1, 0.15) is 0 Å². The molecule has 45 heavy (non-hydrogen) atoms. The number of rotatable bonds is 13. The van der Waals surface area contributed by atoms with Crippen molar-refractivity contribution in [2.45, 2.75) is 63.7 Å². The molecule has 0 aromatic heterocycles. The number of carbonyl (C=O) groups is 2. The van der Waals surface area contributed by atoms with E-state index >= 15 is 0 Å². The van der Waals surface area contributed by atoms with Crippen LogP contribution in [0.4, 0.5) is 0 Å². The minimum atomic E-state index is -1.11. The van der Waals surface area contributed by atoms with Crippen LogP contribution in [0.25, 0.3) is 0 Å². The number of carboxylic acids is 1. The number of aliphatic carboxylic acids is 1. The Bertz CT molecular complexity index is 1470. The summed E-state index contributed by atoms with van der Waals surface area (Å²) >= 11 is 6.37. The Kier molecular flexibility index (Phi) is 11.5. The van der Waals surface area contributed by atoms with Gasteiger partial charge >= 0.3 is 11.9 Å². The molecule has 2 N–H and O–H groups in total. The van der Waals surface area contributed by atoms with Gasteiger partial charge in [-0.15, -0.1) is 0 Å². The number of hydrogen-bond acceptors (Lipinski definition) is 5. The molecule has 1 heterocycles. The van der Waals surface area contributed by atoms with Crippen molar-refractivity contribution in [2.75, 3.05) is 19.8 Å². The Morgan fingerprint density at radius 2 is 1.56 bits per heavy atom. The lowest BCUT2D eigenvalue weighted by atomic mass is 9.80. The summed E-state index contributed by atoms with van der Waals surface area (Å²) in [6, 6.07) is 27.3. The zero-order chi connectivity index (χ0) is 31.6. The predicted octanol–water partition coefficient (Wildman–Crippen LogP) is 8.39. The average Bonchev–Trinajstić information content (AvgIpc) is 3.05. The van der Waals surface area contributed by atoms with Gasteiger partial charge < -0.3 is 19.9 Å². The molecule has 1 fully saturated rings. The molecule has 1 unspecified atom stereocenters. The van der Waals surface area contributed by atoms with Crippen LogP contribution in [0, 0.1) is 5.92 Å². The van der Waals surface area contributed by atoms with Gasteiger partial charge in [0.05, 0.1) is 36.0 Å². The van der Waals surface area contributed by atoms with E-state index in [1.807, 2.05) is 36.4 Å². The van der Waals surface area contributed by atoms with Crippen LogP contribution in [0.1, 0.15) is 80.4 Å². The number of hydrogen-bond donors (Lipinski definition) is 2. The van der Waals surface area contributed by atoms with Crippen molar-refractivity contribution < 1.29 is 24.2 Å². The summed E-state index contributed by atoms with van der Waals surface area (Å²) in [5, 5.41) is 14.0. The third-order valence-electron chi connectivity index (χ3n) is 8.96. The van der Waals surface area contributed by atoms with Crippen molar-refractivity contribution in [2.24, 2.45) is 5.92 Å². The van der Waals surface area contributed by atoms with Crippen LogP contribution in [-0.4, -0.2) is 36.9 Å². The topological polar surface area (TPSA) is 84.9 Å². The van der Waals surface area contributed by atoms with Crippen LogP contribution >= 0.6 is 11.6 Å². The van der Waals surface area contributed by atoms with Gasteiger partial charge in [-0.3, -0.25) is 0 Å². The molecule has 0 radical (unpaired) electrons. The second-order valence-electron chi connectivity index (χ2n) is 12.0. The predicted molar refractivity (Wildman–Crippen MR) is 177 cm³/mol. The molecule has 0 saturated heterocycles. The van der Waals surface area contributed by atoms with Crippen molar-refractivity contribution in [3.63, 3.8) is 0 Å². The van der Waals surface area contributed by atoms with Gasteiger partial charge in [0, 0.05) is 23.2 Å². The zero-order valence-corrected chi connectivity index (χ0v) is 26.6. The summed E-state index contributed by atoms with van der Waals surface area (Å²) in [5.41, 5.74) is 4.19. The van der Waals surface area contributed by atoms with E-state index in [9.17, 15) is 14.7 Å². The third-order valence-corrected chi connectivity index (χ3v) is 9.20. The summed E-state index contributed by atoms with van der Waals surface area (Å²) in [6.07, 6.45) is 7.85. The second kappa shape index (κ2) is 15.9. The van der Waals surface area contributed by atoms with Crippen LogP contribution in [-0.2, 0) is 19.1 Å². The van der Waals surface area contributed by atoms with Crippen LogP contribution in [0.15, 0.2) is 107 Å². The second-order valence-corrected chi connectivity index (χ2v) is 12.4. The molecule has 2 aliphatic rings. The highest BCUT2D eigenvalue weighted by Gasteiger charge is 2.38. The molecule has 5 rings (SSSR count). The van der Waals surface area contributed by atoms with E-state index in [-0.39, 0.29) is 30.3 Å². The Morgan fingerprint density at radius 3 is 2.18 bits per heavy atom.